The van der Waals surface area contributed by atoms with Crippen LogP contribution in [0.2, 0.25) is 0 Å². The van der Waals surface area contributed by atoms with Crippen LogP contribution in [0.5, 0.6) is 0 Å². The Morgan fingerprint density at radius 2 is 2.22 bits per heavy atom. The molecule has 1 aliphatic rings. The van der Waals surface area contributed by atoms with Crippen LogP contribution in [-0.2, 0) is 11.3 Å². The van der Waals surface area contributed by atoms with E-state index in [1.54, 1.807) is 31.4 Å². The number of nitrogens with zero attached hydrogens (tertiary/aromatic N) is 2. The predicted molar refractivity (Wildman–Crippen MR) is 104 cm³/mol. The normalized spacial score (nSPS) is 17.1. The lowest BCUT2D eigenvalue weighted by atomic mass is 10.1. The number of rotatable bonds is 3. The highest BCUT2D eigenvalue weighted by molar-refractivity contribution is 9.10. The average molecular weight is 432 g/mol. The lowest BCUT2D eigenvalue weighted by Gasteiger charge is -2.20. The Labute approximate surface area is 164 Å². The molecule has 1 unspecified atom stereocenters. The Balaban J connectivity index is 2.00. The number of benzene rings is 1. The van der Waals surface area contributed by atoms with Crippen molar-refractivity contribution in [3.8, 4) is 0 Å². The summed E-state index contributed by atoms with van der Waals surface area (Å²) in [4.78, 5) is 17.1. The van der Waals surface area contributed by atoms with Crippen LogP contribution in [0.1, 0.15) is 53.2 Å². The fourth-order valence-corrected chi connectivity index (χ4v) is 4.08. The molecule has 0 spiro atoms. The SMILES string of the molecule is CNC(=O)c1cc2ncc3c(c2n1[C@@H](C)c1ccc(Br)cc1F)COC3C. The first kappa shape index (κ1) is 18.1. The van der Waals surface area contributed by atoms with E-state index in [4.69, 9.17) is 4.74 Å². The number of pyridine rings is 1. The number of carbonyl (C=O) groups is 1. The van der Waals surface area contributed by atoms with E-state index in [9.17, 15) is 9.18 Å². The van der Waals surface area contributed by atoms with E-state index in [0.717, 1.165) is 16.6 Å². The van der Waals surface area contributed by atoms with Gasteiger partial charge in [-0.05, 0) is 32.0 Å². The Kier molecular flexibility index (Phi) is 4.52. The van der Waals surface area contributed by atoms with E-state index < -0.39 is 6.04 Å². The molecule has 7 heteroatoms. The van der Waals surface area contributed by atoms with E-state index in [-0.39, 0.29) is 17.8 Å². The highest BCUT2D eigenvalue weighted by Crippen LogP contribution is 2.38. The molecular weight excluding hydrogens is 413 g/mol. The smallest absolute Gasteiger partial charge is 0.267 e. The van der Waals surface area contributed by atoms with E-state index in [0.29, 0.717) is 27.9 Å². The van der Waals surface area contributed by atoms with Gasteiger partial charge in [-0.2, -0.15) is 0 Å². The number of halogens is 2. The number of hydrogen-bond donors (Lipinski definition) is 1. The van der Waals surface area contributed by atoms with Gasteiger partial charge in [-0.15, -0.1) is 0 Å². The topological polar surface area (TPSA) is 56.2 Å². The van der Waals surface area contributed by atoms with Crippen molar-refractivity contribution in [2.24, 2.45) is 0 Å². The van der Waals surface area contributed by atoms with Gasteiger partial charge in [0.25, 0.3) is 5.91 Å². The summed E-state index contributed by atoms with van der Waals surface area (Å²) in [5.74, 6) is -0.565. The van der Waals surface area contributed by atoms with Gasteiger partial charge in [0.1, 0.15) is 11.5 Å². The van der Waals surface area contributed by atoms with Crippen molar-refractivity contribution in [2.75, 3.05) is 7.05 Å². The number of fused-ring (bicyclic) bond motifs is 3. The van der Waals surface area contributed by atoms with Crippen LogP contribution in [0.15, 0.2) is 34.9 Å². The lowest BCUT2D eigenvalue weighted by molar-refractivity contribution is 0.0797. The second-order valence-electron chi connectivity index (χ2n) is 6.70. The third-order valence-corrected chi connectivity index (χ3v) is 5.66. The third-order valence-electron chi connectivity index (χ3n) is 5.17. The number of ether oxygens (including phenoxy) is 1. The summed E-state index contributed by atoms with van der Waals surface area (Å²) in [5.41, 5.74) is 4.49. The van der Waals surface area contributed by atoms with Gasteiger partial charge in [-0.3, -0.25) is 9.78 Å². The predicted octanol–water partition coefficient (Wildman–Crippen LogP) is 4.50. The highest BCUT2D eigenvalue weighted by atomic mass is 79.9. The Morgan fingerprint density at radius 1 is 1.44 bits per heavy atom. The quantitative estimate of drug-likeness (QED) is 0.663. The fraction of sp³-hybridized carbons (Fsp3) is 0.300. The average Bonchev–Trinajstić information content (AvgIpc) is 3.21. The second kappa shape index (κ2) is 6.73. The molecule has 0 bridgehead atoms. The zero-order chi connectivity index (χ0) is 19.3. The molecule has 5 nitrogen and oxygen atoms in total. The number of aromatic nitrogens is 2. The maximum Gasteiger partial charge on any atom is 0.267 e. The first-order valence-corrected chi connectivity index (χ1v) is 9.53. The van der Waals surface area contributed by atoms with Gasteiger partial charge in [0, 0.05) is 34.4 Å². The third kappa shape index (κ3) is 2.85. The van der Waals surface area contributed by atoms with Crippen LogP contribution < -0.4 is 5.32 Å². The van der Waals surface area contributed by atoms with Crippen LogP contribution >= 0.6 is 15.9 Å². The Morgan fingerprint density at radius 3 is 2.93 bits per heavy atom. The summed E-state index contributed by atoms with van der Waals surface area (Å²) in [6.07, 6.45) is 1.75. The van der Waals surface area contributed by atoms with Gasteiger partial charge >= 0.3 is 0 Å². The van der Waals surface area contributed by atoms with Gasteiger partial charge in [-0.25, -0.2) is 4.39 Å². The van der Waals surface area contributed by atoms with Crippen LogP contribution in [0, 0.1) is 5.82 Å². The molecule has 0 saturated carbocycles. The maximum atomic E-state index is 14.7. The van der Waals surface area contributed by atoms with Crippen molar-refractivity contribution < 1.29 is 13.9 Å². The van der Waals surface area contributed by atoms with Crippen molar-refractivity contribution in [1.29, 1.82) is 0 Å². The lowest BCUT2D eigenvalue weighted by Crippen LogP contribution is -2.24. The molecule has 0 radical (unpaired) electrons. The number of amides is 1. The van der Waals surface area contributed by atoms with Crippen molar-refractivity contribution in [3.05, 3.63) is 63.1 Å². The molecule has 0 saturated heterocycles. The molecule has 140 valence electrons. The Hall–Kier alpha value is -2.25. The minimum Gasteiger partial charge on any atom is -0.369 e. The molecule has 3 aromatic rings. The van der Waals surface area contributed by atoms with Gasteiger partial charge < -0.3 is 14.6 Å². The van der Waals surface area contributed by atoms with Gasteiger partial charge in [0.15, 0.2) is 0 Å². The summed E-state index contributed by atoms with van der Waals surface area (Å²) in [6, 6.07) is 6.33. The molecule has 2 atom stereocenters. The first-order valence-electron chi connectivity index (χ1n) is 8.73. The summed E-state index contributed by atoms with van der Waals surface area (Å²) >= 11 is 3.29. The van der Waals surface area contributed by atoms with E-state index in [2.05, 4.69) is 26.2 Å². The van der Waals surface area contributed by atoms with E-state index in [1.165, 1.54) is 6.07 Å². The number of hydrogen-bond acceptors (Lipinski definition) is 3. The molecule has 2 aromatic heterocycles. The monoisotopic (exact) mass is 431 g/mol. The Bertz CT molecular complexity index is 1060. The zero-order valence-corrected chi connectivity index (χ0v) is 16.8. The van der Waals surface area contributed by atoms with Crippen LogP contribution in [0.25, 0.3) is 11.0 Å². The molecular formula is C20H19BrFN3O2. The van der Waals surface area contributed by atoms with Crippen molar-refractivity contribution >= 4 is 32.9 Å². The second-order valence-corrected chi connectivity index (χ2v) is 7.62. The van der Waals surface area contributed by atoms with Crippen LogP contribution in [0.3, 0.4) is 0 Å². The minimum absolute atomic E-state index is 0.0524. The maximum absolute atomic E-state index is 14.7. The molecule has 0 fully saturated rings. The standard InChI is InChI=1S/C20H19BrFN3O2/c1-10(13-5-4-12(21)6-16(13)22)25-18(20(26)23-3)7-17-19(25)15-9-27-11(2)14(15)8-24-17/h4-8,10-11H,9H2,1-3H3,(H,23,26)/t10-,11?/m0/s1. The minimum atomic E-state index is -0.396. The van der Waals surface area contributed by atoms with Gasteiger partial charge in [-0.1, -0.05) is 22.0 Å². The molecule has 4 rings (SSSR count). The summed E-state index contributed by atoms with van der Waals surface area (Å²) in [6.45, 7) is 4.31. The molecule has 1 aromatic carbocycles. The number of carbonyl (C=O) groups excluding carboxylic acids is 1. The van der Waals surface area contributed by atoms with Crippen molar-refractivity contribution in [1.82, 2.24) is 14.9 Å². The fourth-order valence-electron chi connectivity index (χ4n) is 3.75. The van der Waals surface area contributed by atoms with E-state index >= 15 is 0 Å². The van der Waals surface area contributed by atoms with Gasteiger partial charge in [0.05, 0.1) is 29.8 Å². The largest absolute Gasteiger partial charge is 0.369 e. The molecule has 1 aliphatic heterocycles. The molecule has 3 heterocycles. The van der Waals surface area contributed by atoms with Gasteiger partial charge in [0.2, 0.25) is 0 Å². The molecule has 0 aliphatic carbocycles. The van der Waals surface area contributed by atoms with Crippen molar-refractivity contribution in [2.45, 2.75) is 32.6 Å². The summed E-state index contributed by atoms with van der Waals surface area (Å²) in [5, 5.41) is 2.67. The zero-order valence-electron chi connectivity index (χ0n) is 15.2. The molecule has 27 heavy (non-hydrogen) atoms. The highest BCUT2D eigenvalue weighted by Gasteiger charge is 2.29. The molecule has 1 amide bonds. The van der Waals surface area contributed by atoms with Crippen molar-refractivity contribution in [3.63, 3.8) is 0 Å². The summed E-state index contributed by atoms with van der Waals surface area (Å²) in [7, 11) is 1.58. The summed E-state index contributed by atoms with van der Waals surface area (Å²) < 4.78 is 23.0. The number of nitrogens with one attached hydrogen (secondary N) is 1. The first-order chi connectivity index (χ1) is 12.9. The van der Waals surface area contributed by atoms with Crippen LogP contribution in [0.4, 0.5) is 4.39 Å². The van der Waals surface area contributed by atoms with E-state index in [1.807, 2.05) is 18.4 Å². The molecule has 1 N–H and O–H groups in total. The van der Waals surface area contributed by atoms with Crippen LogP contribution in [-0.4, -0.2) is 22.5 Å².